The molecule has 26 heavy (non-hydrogen) atoms. The van der Waals surface area contributed by atoms with Gasteiger partial charge in [-0.3, -0.25) is 4.79 Å². The van der Waals surface area contributed by atoms with Crippen molar-refractivity contribution in [2.45, 2.75) is 6.92 Å². The molecule has 2 aromatic rings. The maximum Gasteiger partial charge on any atom is 0.280 e. The summed E-state index contributed by atoms with van der Waals surface area (Å²) in [6.07, 6.45) is 1.77. The third kappa shape index (κ3) is 3.13. The lowest BCUT2D eigenvalue weighted by atomic mass is 10.1. The van der Waals surface area contributed by atoms with Gasteiger partial charge in [0.2, 0.25) is 5.75 Å². The first-order chi connectivity index (χ1) is 12.6. The summed E-state index contributed by atoms with van der Waals surface area (Å²) in [5.41, 5.74) is 2.65. The summed E-state index contributed by atoms with van der Waals surface area (Å²) in [5, 5.41) is 5.78. The number of hydrogen-bond donors (Lipinski definition) is 0. The van der Waals surface area contributed by atoms with Crippen LogP contribution in [0.25, 0.3) is 6.08 Å². The lowest BCUT2D eigenvalue weighted by molar-refractivity contribution is -0.114. The van der Waals surface area contributed by atoms with Gasteiger partial charge >= 0.3 is 0 Å². The van der Waals surface area contributed by atoms with E-state index in [1.807, 2.05) is 37.3 Å². The molecule has 3 rings (SSSR count). The minimum atomic E-state index is -0.178. The molecule has 0 aromatic heterocycles. The summed E-state index contributed by atoms with van der Waals surface area (Å²) in [5.74, 6) is 1.38. The molecule has 0 bridgehead atoms. The van der Waals surface area contributed by atoms with Crippen LogP contribution in [-0.4, -0.2) is 32.9 Å². The molecule has 0 saturated heterocycles. The van der Waals surface area contributed by atoms with Crippen LogP contribution < -0.4 is 19.2 Å². The number of hydrogen-bond acceptors (Lipinski definition) is 5. The van der Waals surface area contributed by atoms with Crippen LogP contribution in [0.5, 0.6) is 17.2 Å². The number of anilines is 1. The Kier molecular flexibility index (Phi) is 4.93. The summed E-state index contributed by atoms with van der Waals surface area (Å²) in [6.45, 7) is 1.81. The Morgan fingerprint density at radius 3 is 2.12 bits per heavy atom. The van der Waals surface area contributed by atoms with Crippen LogP contribution in [0.1, 0.15) is 12.5 Å². The molecular weight excluding hydrogens is 332 g/mol. The van der Waals surface area contributed by atoms with Gasteiger partial charge < -0.3 is 14.2 Å². The number of rotatable bonds is 5. The van der Waals surface area contributed by atoms with E-state index in [-0.39, 0.29) is 5.91 Å². The van der Waals surface area contributed by atoms with Crippen molar-refractivity contribution in [1.29, 1.82) is 0 Å². The van der Waals surface area contributed by atoms with Gasteiger partial charge in [0, 0.05) is 0 Å². The zero-order chi connectivity index (χ0) is 18.7. The van der Waals surface area contributed by atoms with E-state index in [1.165, 1.54) is 5.01 Å². The molecule has 6 nitrogen and oxygen atoms in total. The molecule has 0 fully saturated rings. The maximum atomic E-state index is 12.8. The van der Waals surface area contributed by atoms with Crippen molar-refractivity contribution in [3.05, 3.63) is 53.6 Å². The van der Waals surface area contributed by atoms with Crippen molar-refractivity contribution in [3.63, 3.8) is 0 Å². The van der Waals surface area contributed by atoms with E-state index in [1.54, 1.807) is 39.5 Å². The van der Waals surface area contributed by atoms with Crippen molar-refractivity contribution >= 4 is 23.4 Å². The summed E-state index contributed by atoms with van der Waals surface area (Å²) in [6, 6.07) is 12.9. The Bertz CT molecular complexity index is 863. The molecule has 0 unspecified atom stereocenters. The lowest BCUT2D eigenvalue weighted by Gasteiger charge is -2.13. The number of hydrazone groups is 1. The van der Waals surface area contributed by atoms with Gasteiger partial charge in [0.25, 0.3) is 5.91 Å². The molecule has 134 valence electrons. The van der Waals surface area contributed by atoms with Crippen LogP contribution in [0, 0.1) is 0 Å². The summed E-state index contributed by atoms with van der Waals surface area (Å²) < 4.78 is 16.1. The smallest absolute Gasteiger partial charge is 0.280 e. The SMILES string of the molecule is COc1cc(/C=C2/C(=O)N(c3ccccc3)N=C2C)cc(OC)c1OC. The van der Waals surface area contributed by atoms with Crippen molar-refractivity contribution in [1.82, 2.24) is 0 Å². The Morgan fingerprint density at radius 1 is 0.962 bits per heavy atom. The van der Waals surface area contributed by atoms with Crippen molar-refractivity contribution in [2.24, 2.45) is 5.10 Å². The average molecular weight is 352 g/mol. The van der Waals surface area contributed by atoms with E-state index in [4.69, 9.17) is 14.2 Å². The predicted molar refractivity (Wildman–Crippen MR) is 101 cm³/mol. The molecule has 0 spiro atoms. The molecule has 6 heteroatoms. The van der Waals surface area contributed by atoms with Gasteiger partial charge in [0.05, 0.1) is 38.3 Å². The predicted octanol–water partition coefficient (Wildman–Crippen LogP) is 3.52. The van der Waals surface area contributed by atoms with E-state index < -0.39 is 0 Å². The van der Waals surface area contributed by atoms with Gasteiger partial charge in [-0.25, -0.2) is 0 Å². The molecule has 1 aliphatic heterocycles. The topological polar surface area (TPSA) is 60.4 Å². The van der Waals surface area contributed by atoms with Crippen LogP contribution in [0.15, 0.2) is 53.1 Å². The number of benzene rings is 2. The van der Waals surface area contributed by atoms with Crippen LogP contribution in [0.3, 0.4) is 0 Å². The Morgan fingerprint density at radius 2 is 1.58 bits per heavy atom. The molecule has 0 radical (unpaired) electrons. The van der Waals surface area contributed by atoms with E-state index >= 15 is 0 Å². The number of amides is 1. The highest BCUT2D eigenvalue weighted by Crippen LogP contribution is 2.39. The quantitative estimate of drug-likeness (QED) is 0.773. The molecular formula is C20H20N2O4. The highest BCUT2D eigenvalue weighted by Gasteiger charge is 2.28. The molecule has 2 aromatic carbocycles. The van der Waals surface area contributed by atoms with Crippen LogP contribution in [0.4, 0.5) is 5.69 Å². The fourth-order valence-corrected chi connectivity index (χ4v) is 2.78. The van der Waals surface area contributed by atoms with Crippen molar-refractivity contribution in [3.8, 4) is 17.2 Å². The third-order valence-electron chi connectivity index (χ3n) is 4.06. The standard InChI is InChI=1S/C20H20N2O4/c1-13-16(20(23)22(21-13)15-8-6-5-7-9-15)10-14-11-17(24-2)19(26-4)18(12-14)25-3/h5-12H,1-4H3/b16-10+. The highest BCUT2D eigenvalue weighted by molar-refractivity contribution is 6.32. The fourth-order valence-electron chi connectivity index (χ4n) is 2.78. The lowest BCUT2D eigenvalue weighted by Crippen LogP contribution is -2.21. The maximum absolute atomic E-state index is 12.8. The van der Waals surface area contributed by atoms with Gasteiger partial charge in [-0.2, -0.15) is 10.1 Å². The first-order valence-electron chi connectivity index (χ1n) is 8.05. The normalized spacial score (nSPS) is 15.2. The largest absolute Gasteiger partial charge is 0.493 e. The number of carbonyl (C=O) groups is 1. The van der Waals surface area contributed by atoms with Crippen LogP contribution >= 0.6 is 0 Å². The average Bonchev–Trinajstić information content (AvgIpc) is 2.96. The number of methoxy groups -OCH3 is 3. The Hall–Kier alpha value is -3.28. The van der Waals surface area contributed by atoms with E-state index in [2.05, 4.69) is 5.10 Å². The second-order valence-electron chi connectivity index (χ2n) is 5.65. The van der Waals surface area contributed by atoms with E-state index in [9.17, 15) is 4.79 Å². The second-order valence-corrected chi connectivity index (χ2v) is 5.65. The van der Waals surface area contributed by atoms with Crippen LogP contribution in [0.2, 0.25) is 0 Å². The van der Waals surface area contributed by atoms with E-state index in [0.717, 1.165) is 11.3 Å². The van der Waals surface area contributed by atoms with Crippen LogP contribution in [-0.2, 0) is 4.79 Å². The molecule has 0 aliphatic carbocycles. The third-order valence-corrected chi connectivity index (χ3v) is 4.06. The monoisotopic (exact) mass is 352 g/mol. The summed E-state index contributed by atoms with van der Waals surface area (Å²) in [7, 11) is 4.66. The zero-order valence-electron chi connectivity index (χ0n) is 15.1. The number of ether oxygens (including phenoxy) is 3. The molecule has 1 amide bonds. The van der Waals surface area contributed by atoms with Gasteiger partial charge in [-0.15, -0.1) is 0 Å². The van der Waals surface area contributed by atoms with Crippen molar-refractivity contribution in [2.75, 3.05) is 26.3 Å². The number of nitrogens with zero attached hydrogens (tertiary/aromatic N) is 2. The second kappa shape index (κ2) is 7.31. The van der Waals surface area contributed by atoms with Crippen molar-refractivity contribution < 1.29 is 19.0 Å². The first kappa shape index (κ1) is 17.5. The number of para-hydroxylation sites is 1. The Labute approximate surface area is 152 Å². The fraction of sp³-hybridized carbons (Fsp3) is 0.200. The molecule has 1 heterocycles. The van der Waals surface area contributed by atoms with Gasteiger partial charge in [0.15, 0.2) is 11.5 Å². The summed E-state index contributed by atoms with van der Waals surface area (Å²) >= 11 is 0. The summed E-state index contributed by atoms with van der Waals surface area (Å²) in [4.78, 5) is 12.8. The molecule has 0 saturated carbocycles. The van der Waals surface area contributed by atoms with Gasteiger partial charge in [0.1, 0.15) is 0 Å². The minimum absolute atomic E-state index is 0.178. The number of carbonyl (C=O) groups excluding carboxylic acids is 1. The zero-order valence-corrected chi connectivity index (χ0v) is 15.1. The first-order valence-corrected chi connectivity index (χ1v) is 8.05. The highest BCUT2D eigenvalue weighted by atomic mass is 16.5. The molecule has 0 atom stereocenters. The minimum Gasteiger partial charge on any atom is -0.493 e. The van der Waals surface area contributed by atoms with Gasteiger partial charge in [-0.1, -0.05) is 18.2 Å². The Balaban J connectivity index is 2.00. The molecule has 1 aliphatic rings. The van der Waals surface area contributed by atoms with E-state index in [0.29, 0.717) is 28.5 Å². The molecule has 0 N–H and O–H groups in total. The van der Waals surface area contributed by atoms with Gasteiger partial charge in [-0.05, 0) is 42.8 Å².